The maximum absolute atomic E-state index is 14.4. The quantitative estimate of drug-likeness (QED) is 0.412. The number of halogens is 1. The standard InChI is InChI=1S/C33H41ClN6O3/c1-22(2)43-33(42)40-15-14-38(31-28-11-10-27(34)16-26(28)9-8-25-7-4-12-35-30(25)31)20-29(40)32(41)39-13-5-6-24(19-39)18-37-17-23(3)36-21-37/h4,7,10-12,16-17,21-22,24,29,31H,5-6,8-9,13-15,18-20H2,1-3H3/t24-,29-,31?/m1/s1. The number of hydrogen-bond acceptors (Lipinski definition) is 6. The van der Waals surface area contributed by atoms with Crippen molar-refractivity contribution < 1.29 is 14.3 Å². The lowest BCUT2D eigenvalue weighted by molar-refractivity contribution is -0.141. The number of likely N-dealkylation sites (tertiary alicyclic amines) is 1. The Morgan fingerprint density at radius 3 is 2.70 bits per heavy atom. The van der Waals surface area contributed by atoms with Crippen LogP contribution in [0.1, 0.15) is 60.8 Å². The maximum Gasteiger partial charge on any atom is 0.410 e. The normalized spacial score (nSPS) is 22.6. The number of carbonyl (C=O) groups excluding carboxylic acids is 2. The first-order valence-corrected chi connectivity index (χ1v) is 15.8. The number of hydrogen-bond donors (Lipinski definition) is 0. The fourth-order valence-corrected chi connectivity index (χ4v) is 7.18. The van der Waals surface area contributed by atoms with Gasteiger partial charge in [-0.1, -0.05) is 23.7 Å². The van der Waals surface area contributed by atoms with Gasteiger partial charge in [0.2, 0.25) is 5.91 Å². The van der Waals surface area contributed by atoms with Gasteiger partial charge in [-0.3, -0.25) is 19.6 Å². The highest BCUT2D eigenvalue weighted by Crippen LogP contribution is 2.38. The number of piperazine rings is 1. The van der Waals surface area contributed by atoms with Gasteiger partial charge in [-0.2, -0.15) is 0 Å². The van der Waals surface area contributed by atoms with Crippen LogP contribution in [0.5, 0.6) is 0 Å². The summed E-state index contributed by atoms with van der Waals surface area (Å²) in [6.07, 6.45) is 8.81. The maximum atomic E-state index is 14.4. The largest absolute Gasteiger partial charge is 0.447 e. The van der Waals surface area contributed by atoms with Crippen LogP contribution in [0.25, 0.3) is 0 Å². The fraction of sp³-hybridized carbons (Fsp3) is 0.515. The van der Waals surface area contributed by atoms with Gasteiger partial charge in [0.05, 0.1) is 29.9 Å². The van der Waals surface area contributed by atoms with E-state index in [1.165, 1.54) is 16.7 Å². The number of amides is 2. The third-order valence-corrected chi connectivity index (χ3v) is 9.18. The number of carbonyl (C=O) groups is 2. The van der Waals surface area contributed by atoms with E-state index in [1.807, 2.05) is 56.5 Å². The molecule has 0 spiro atoms. The van der Waals surface area contributed by atoms with Gasteiger partial charge >= 0.3 is 6.09 Å². The molecule has 0 bridgehead atoms. The highest BCUT2D eigenvalue weighted by Gasteiger charge is 2.43. The minimum atomic E-state index is -0.652. The summed E-state index contributed by atoms with van der Waals surface area (Å²) in [4.78, 5) is 42.9. The fourth-order valence-electron chi connectivity index (χ4n) is 6.98. The Morgan fingerprint density at radius 2 is 1.91 bits per heavy atom. The summed E-state index contributed by atoms with van der Waals surface area (Å²) in [5, 5.41) is 0.719. The first kappa shape index (κ1) is 29.6. The molecule has 2 aromatic heterocycles. The number of pyridine rings is 1. The van der Waals surface area contributed by atoms with Gasteiger partial charge in [0, 0.05) is 56.7 Å². The van der Waals surface area contributed by atoms with Crippen molar-refractivity contribution in [1.82, 2.24) is 29.2 Å². The van der Waals surface area contributed by atoms with Crippen LogP contribution in [-0.2, 0) is 28.9 Å². The van der Waals surface area contributed by atoms with E-state index in [9.17, 15) is 9.59 Å². The number of ether oxygens (including phenoxy) is 1. The van der Waals surface area contributed by atoms with E-state index >= 15 is 0 Å². The molecule has 1 aliphatic carbocycles. The van der Waals surface area contributed by atoms with Crippen molar-refractivity contribution in [3.8, 4) is 0 Å². The van der Waals surface area contributed by atoms with Crippen LogP contribution in [0.15, 0.2) is 49.1 Å². The number of piperidine rings is 1. The average molecular weight is 605 g/mol. The van der Waals surface area contributed by atoms with Crippen molar-refractivity contribution in [2.24, 2.45) is 5.92 Å². The smallest absolute Gasteiger partial charge is 0.410 e. The minimum absolute atomic E-state index is 0.0110. The Morgan fingerprint density at radius 1 is 1.07 bits per heavy atom. The highest BCUT2D eigenvalue weighted by molar-refractivity contribution is 6.30. The second-order valence-corrected chi connectivity index (χ2v) is 12.9. The van der Waals surface area contributed by atoms with Crippen LogP contribution < -0.4 is 0 Å². The molecule has 4 heterocycles. The second kappa shape index (κ2) is 12.7. The molecule has 43 heavy (non-hydrogen) atoms. The first-order valence-electron chi connectivity index (χ1n) is 15.5. The molecule has 10 heteroatoms. The molecular weight excluding hydrogens is 564 g/mol. The Labute approximate surface area is 258 Å². The van der Waals surface area contributed by atoms with E-state index in [-0.39, 0.29) is 18.1 Å². The van der Waals surface area contributed by atoms with Crippen molar-refractivity contribution in [3.63, 3.8) is 0 Å². The Bertz CT molecular complexity index is 1470. The molecule has 2 fully saturated rings. The van der Waals surface area contributed by atoms with Crippen molar-refractivity contribution in [2.45, 2.75) is 71.2 Å². The van der Waals surface area contributed by atoms with E-state index in [0.29, 0.717) is 38.6 Å². The molecule has 3 aliphatic rings. The number of fused-ring (bicyclic) bond motifs is 2. The summed E-state index contributed by atoms with van der Waals surface area (Å²) in [5.74, 6) is 0.319. The number of imidazole rings is 1. The SMILES string of the molecule is Cc1cn(C[C@H]2CCCN(C(=O)[C@H]3CN(C4c5ccc(Cl)cc5CCc5cccnc54)CCN3C(=O)OC(C)C)C2)cn1. The van der Waals surface area contributed by atoms with E-state index < -0.39 is 12.1 Å². The van der Waals surface area contributed by atoms with Crippen molar-refractivity contribution in [1.29, 1.82) is 0 Å². The van der Waals surface area contributed by atoms with Crippen molar-refractivity contribution >= 4 is 23.6 Å². The zero-order chi connectivity index (χ0) is 30.1. The first-order chi connectivity index (χ1) is 20.8. The number of benzene rings is 1. The second-order valence-electron chi connectivity index (χ2n) is 12.4. The topological polar surface area (TPSA) is 83.8 Å². The van der Waals surface area contributed by atoms with Crippen LogP contribution >= 0.6 is 11.6 Å². The van der Waals surface area contributed by atoms with Gasteiger partial charge in [0.1, 0.15) is 6.04 Å². The van der Waals surface area contributed by atoms with Gasteiger partial charge in [-0.15, -0.1) is 0 Å². The third kappa shape index (κ3) is 6.43. The lowest BCUT2D eigenvalue weighted by Gasteiger charge is -2.45. The van der Waals surface area contributed by atoms with Crippen LogP contribution in [0.2, 0.25) is 5.02 Å². The van der Waals surface area contributed by atoms with Gasteiger partial charge in [-0.25, -0.2) is 9.78 Å². The van der Waals surface area contributed by atoms with E-state index in [1.54, 1.807) is 4.90 Å². The molecule has 1 unspecified atom stereocenters. The molecule has 0 N–H and O–H groups in total. The summed E-state index contributed by atoms with van der Waals surface area (Å²) < 4.78 is 7.76. The van der Waals surface area contributed by atoms with Gasteiger partial charge < -0.3 is 14.2 Å². The number of rotatable bonds is 5. The van der Waals surface area contributed by atoms with E-state index in [2.05, 4.69) is 32.7 Å². The monoisotopic (exact) mass is 604 g/mol. The molecule has 9 nitrogen and oxygen atoms in total. The molecular formula is C33H41ClN6O3. The molecule has 2 aliphatic heterocycles. The van der Waals surface area contributed by atoms with Crippen LogP contribution in [0.4, 0.5) is 4.79 Å². The number of aromatic nitrogens is 3. The molecule has 1 aromatic carbocycles. The van der Waals surface area contributed by atoms with Crippen molar-refractivity contribution in [2.75, 3.05) is 32.7 Å². The summed E-state index contributed by atoms with van der Waals surface area (Å²) in [5.41, 5.74) is 5.58. The Hall–Kier alpha value is -3.43. The number of aryl methyl sites for hydroxylation is 3. The molecule has 2 saturated heterocycles. The minimum Gasteiger partial charge on any atom is -0.447 e. The lowest BCUT2D eigenvalue weighted by Crippen LogP contribution is -2.62. The molecule has 0 saturated carbocycles. The van der Waals surface area contributed by atoms with Crippen LogP contribution in [0, 0.1) is 12.8 Å². The average Bonchev–Trinajstić information content (AvgIpc) is 3.33. The van der Waals surface area contributed by atoms with E-state index in [4.69, 9.17) is 21.3 Å². The molecule has 3 atom stereocenters. The zero-order valence-corrected chi connectivity index (χ0v) is 26.0. The van der Waals surface area contributed by atoms with Crippen molar-refractivity contribution in [3.05, 3.63) is 82.2 Å². The molecule has 3 aromatic rings. The summed E-state index contributed by atoms with van der Waals surface area (Å²) in [6, 6.07) is 9.46. The molecule has 228 valence electrons. The summed E-state index contributed by atoms with van der Waals surface area (Å²) >= 11 is 6.44. The Balaban J connectivity index is 1.30. The van der Waals surface area contributed by atoms with Gasteiger partial charge in [0.25, 0.3) is 0 Å². The third-order valence-electron chi connectivity index (χ3n) is 8.94. The van der Waals surface area contributed by atoms with Gasteiger partial charge in [-0.05, 0) is 87.3 Å². The number of nitrogens with zero attached hydrogens (tertiary/aromatic N) is 6. The lowest BCUT2D eigenvalue weighted by atomic mass is 9.94. The summed E-state index contributed by atoms with van der Waals surface area (Å²) in [6.45, 7) is 9.24. The van der Waals surface area contributed by atoms with Crippen LogP contribution in [-0.4, -0.2) is 86.1 Å². The molecule has 2 amide bonds. The van der Waals surface area contributed by atoms with Gasteiger partial charge in [0.15, 0.2) is 0 Å². The summed E-state index contributed by atoms with van der Waals surface area (Å²) in [7, 11) is 0. The van der Waals surface area contributed by atoms with Crippen LogP contribution in [0.3, 0.4) is 0 Å². The highest BCUT2D eigenvalue weighted by atomic mass is 35.5. The zero-order valence-electron chi connectivity index (χ0n) is 25.3. The predicted octanol–water partition coefficient (Wildman–Crippen LogP) is 4.90. The molecule has 0 radical (unpaired) electrons. The predicted molar refractivity (Wildman–Crippen MR) is 165 cm³/mol. The van der Waals surface area contributed by atoms with E-state index in [0.717, 1.165) is 48.6 Å². The molecule has 6 rings (SSSR count). The Kier molecular flexibility index (Phi) is 8.73.